The standard InChI is InChI=1S/C10H12Br2S/c11-7-10(3-1-4-10)6-9-8(12)2-5-13-9/h2,5H,1,3-4,6-7H2. The highest BCUT2D eigenvalue weighted by atomic mass is 79.9. The molecule has 0 unspecified atom stereocenters. The van der Waals surface area contributed by atoms with E-state index in [1.807, 2.05) is 11.3 Å². The molecule has 1 saturated carbocycles. The van der Waals surface area contributed by atoms with E-state index in [1.165, 1.54) is 35.0 Å². The summed E-state index contributed by atoms with van der Waals surface area (Å²) in [5.74, 6) is 0. The quantitative estimate of drug-likeness (QED) is 0.712. The molecule has 72 valence electrons. The highest BCUT2D eigenvalue weighted by Crippen LogP contribution is 2.46. The van der Waals surface area contributed by atoms with Crippen LogP contribution < -0.4 is 0 Å². The maximum atomic E-state index is 3.64. The SMILES string of the molecule is BrCC1(Cc2sccc2Br)CCC1. The van der Waals surface area contributed by atoms with Gasteiger partial charge in [0.05, 0.1) is 0 Å². The van der Waals surface area contributed by atoms with E-state index in [4.69, 9.17) is 0 Å². The van der Waals surface area contributed by atoms with Crippen LogP contribution in [0.4, 0.5) is 0 Å². The summed E-state index contributed by atoms with van der Waals surface area (Å²) in [5.41, 5.74) is 0.577. The second-order valence-corrected chi connectivity index (χ2v) is 6.27. The van der Waals surface area contributed by atoms with E-state index in [2.05, 4.69) is 43.3 Å². The third kappa shape index (κ3) is 2.02. The van der Waals surface area contributed by atoms with Crippen molar-refractivity contribution in [3.8, 4) is 0 Å². The molecule has 1 heterocycles. The number of halogens is 2. The van der Waals surface area contributed by atoms with Gasteiger partial charge in [0.25, 0.3) is 0 Å². The van der Waals surface area contributed by atoms with Crippen molar-refractivity contribution in [2.75, 3.05) is 5.33 Å². The molecule has 0 atom stereocenters. The molecular formula is C10H12Br2S. The van der Waals surface area contributed by atoms with Crippen LogP contribution in [0.25, 0.3) is 0 Å². The highest BCUT2D eigenvalue weighted by molar-refractivity contribution is 9.10. The lowest BCUT2D eigenvalue weighted by molar-refractivity contribution is 0.171. The molecule has 0 saturated heterocycles. The average molecular weight is 324 g/mol. The van der Waals surface area contributed by atoms with E-state index in [0.29, 0.717) is 5.41 Å². The first kappa shape index (κ1) is 10.2. The summed E-state index contributed by atoms with van der Waals surface area (Å²) in [5, 5.41) is 3.32. The maximum absolute atomic E-state index is 3.64. The van der Waals surface area contributed by atoms with Crippen LogP contribution in [-0.2, 0) is 6.42 Å². The van der Waals surface area contributed by atoms with Crippen LogP contribution in [-0.4, -0.2) is 5.33 Å². The Bertz CT molecular complexity index is 283. The molecule has 1 aliphatic rings. The normalized spacial score (nSPS) is 19.8. The Labute approximate surface area is 100.0 Å². The fourth-order valence-corrected chi connectivity index (χ4v) is 4.25. The Morgan fingerprint density at radius 2 is 2.23 bits per heavy atom. The van der Waals surface area contributed by atoms with Crippen molar-refractivity contribution in [3.05, 3.63) is 20.8 Å². The van der Waals surface area contributed by atoms with Crippen LogP contribution in [0.1, 0.15) is 24.1 Å². The van der Waals surface area contributed by atoms with Gasteiger partial charge < -0.3 is 0 Å². The summed E-state index contributed by atoms with van der Waals surface area (Å²) in [7, 11) is 0. The van der Waals surface area contributed by atoms with E-state index >= 15 is 0 Å². The number of hydrogen-bond donors (Lipinski definition) is 0. The lowest BCUT2D eigenvalue weighted by Crippen LogP contribution is -2.33. The van der Waals surface area contributed by atoms with Crippen LogP contribution in [0, 0.1) is 5.41 Å². The molecule has 0 amide bonds. The molecule has 0 radical (unpaired) electrons. The zero-order valence-corrected chi connectivity index (χ0v) is 11.3. The Hall–Kier alpha value is 0.660. The predicted molar refractivity (Wildman–Crippen MR) is 65.8 cm³/mol. The van der Waals surface area contributed by atoms with Gasteiger partial charge in [0, 0.05) is 14.7 Å². The Morgan fingerprint density at radius 3 is 2.62 bits per heavy atom. The van der Waals surface area contributed by atoms with Crippen molar-refractivity contribution in [1.29, 1.82) is 0 Å². The van der Waals surface area contributed by atoms with Crippen molar-refractivity contribution in [1.82, 2.24) is 0 Å². The number of hydrogen-bond acceptors (Lipinski definition) is 1. The topological polar surface area (TPSA) is 0 Å². The molecule has 0 spiro atoms. The molecular weight excluding hydrogens is 312 g/mol. The van der Waals surface area contributed by atoms with Crippen molar-refractivity contribution in [2.45, 2.75) is 25.7 Å². The average Bonchev–Trinajstić information content (AvgIpc) is 2.44. The minimum Gasteiger partial charge on any atom is -0.148 e. The lowest BCUT2D eigenvalue weighted by atomic mass is 9.68. The second-order valence-electron chi connectivity index (χ2n) is 3.86. The van der Waals surface area contributed by atoms with Crippen LogP contribution in [0.2, 0.25) is 0 Å². The van der Waals surface area contributed by atoms with Gasteiger partial charge in [0.2, 0.25) is 0 Å². The summed E-state index contributed by atoms with van der Waals surface area (Å²) in [6, 6.07) is 2.15. The third-order valence-electron chi connectivity index (χ3n) is 2.92. The minimum atomic E-state index is 0.577. The van der Waals surface area contributed by atoms with Crippen molar-refractivity contribution in [3.63, 3.8) is 0 Å². The number of thiophene rings is 1. The summed E-state index contributed by atoms with van der Waals surface area (Å²) in [4.78, 5) is 1.51. The molecule has 0 bridgehead atoms. The van der Waals surface area contributed by atoms with Crippen LogP contribution in [0.3, 0.4) is 0 Å². The molecule has 13 heavy (non-hydrogen) atoms. The maximum Gasteiger partial charge on any atom is 0.0314 e. The summed E-state index contributed by atoms with van der Waals surface area (Å²) < 4.78 is 1.30. The molecule has 1 fully saturated rings. The van der Waals surface area contributed by atoms with Gasteiger partial charge in [0.15, 0.2) is 0 Å². The number of rotatable bonds is 3. The Kier molecular flexibility index (Phi) is 3.16. The summed E-state index contributed by atoms with van der Waals surface area (Å²) in [6.07, 6.45) is 5.44. The van der Waals surface area contributed by atoms with Crippen molar-refractivity contribution >= 4 is 43.2 Å². The fraction of sp³-hybridized carbons (Fsp3) is 0.600. The third-order valence-corrected chi connectivity index (χ3v) is 6.04. The molecule has 1 aliphatic carbocycles. The van der Waals surface area contributed by atoms with Gasteiger partial charge in [-0.15, -0.1) is 11.3 Å². The highest BCUT2D eigenvalue weighted by Gasteiger charge is 2.36. The van der Waals surface area contributed by atoms with Gasteiger partial charge in [-0.1, -0.05) is 22.4 Å². The summed E-state index contributed by atoms with van der Waals surface area (Å²) in [6.45, 7) is 0. The zero-order valence-electron chi connectivity index (χ0n) is 7.35. The van der Waals surface area contributed by atoms with Crippen molar-refractivity contribution < 1.29 is 0 Å². The van der Waals surface area contributed by atoms with Crippen LogP contribution in [0.5, 0.6) is 0 Å². The van der Waals surface area contributed by atoms with E-state index < -0.39 is 0 Å². The molecule has 0 nitrogen and oxygen atoms in total. The van der Waals surface area contributed by atoms with Gasteiger partial charge in [-0.2, -0.15) is 0 Å². The zero-order chi connectivity index (χ0) is 9.31. The van der Waals surface area contributed by atoms with Gasteiger partial charge in [-0.25, -0.2) is 0 Å². The van der Waals surface area contributed by atoms with Gasteiger partial charge in [0.1, 0.15) is 0 Å². The monoisotopic (exact) mass is 322 g/mol. The number of alkyl halides is 1. The first-order valence-electron chi connectivity index (χ1n) is 4.54. The predicted octanol–water partition coefficient (Wildman–Crippen LogP) is 4.62. The first-order chi connectivity index (χ1) is 6.26. The van der Waals surface area contributed by atoms with Gasteiger partial charge in [-0.3, -0.25) is 0 Å². The van der Waals surface area contributed by atoms with E-state index in [0.717, 1.165) is 5.33 Å². The van der Waals surface area contributed by atoms with Crippen LogP contribution >= 0.6 is 43.2 Å². The van der Waals surface area contributed by atoms with E-state index in [1.54, 1.807) is 0 Å². The first-order valence-corrected chi connectivity index (χ1v) is 7.33. The van der Waals surface area contributed by atoms with E-state index in [9.17, 15) is 0 Å². The minimum absolute atomic E-state index is 0.577. The second kappa shape index (κ2) is 4.03. The molecule has 2 rings (SSSR count). The van der Waals surface area contributed by atoms with E-state index in [-0.39, 0.29) is 0 Å². The molecule has 0 N–H and O–H groups in total. The lowest BCUT2D eigenvalue weighted by Gasteiger charge is -2.40. The molecule has 1 aromatic rings. The van der Waals surface area contributed by atoms with Gasteiger partial charge in [-0.05, 0) is 52.1 Å². The summed E-state index contributed by atoms with van der Waals surface area (Å²) >= 11 is 9.11. The van der Waals surface area contributed by atoms with Crippen LogP contribution in [0.15, 0.2) is 15.9 Å². The largest absolute Gasteiger partial charge is 0.148 e. The molecule has 0 aromatic carbocycles. The molecule has 3 heteroatoms. The fourth-order valence-electron chi connectivity index (χ4n) is 1.83. The molecule has 0 aliphatic heterocycles. The van der Waals surface area contributed by atoms with Crippen molar-refractivity contribution in [2.24, 2.45) is 5.41 Å². The Balaban J connectivity index is 2.08. The van der Waals surface area contributed by atoms with Gasteiger partial charge >= 0.3 is 0 Å². The smallest absolute Gasteiger partial charge is 0.0314 e. The Morgan fingerprint density at radius 1 is 1.46 bits per heavy atom. The molecule has 1 aromatic heterocycles.